The second kappa shape index (κ2) is 4.41. The van der Waals surface area contributed by atoms with Crippen molar-refractivity contribution in [3.8, 4) is 0 Å². The van der Waals surface area contributed by atoms with Gasteiger partial charge in [-0.25, -0.2) is 0 Å². The number of Topliss-reactive ketones (excluding diaryl/α,β-unsaturated/α-hetero) is 1. The molecule has 0 fully saturated rings. The highest BCUT2D eigenvalue weighted by Crippen LogP contribution is 2.23. The number of hydrogen-bond acceptors (Lipinski definition) is 3. The minimum Gasteiger partial charge on any atom is -0.481 e. The number of carbonyl (C=O) groups excluding carboxylic acids is 1. The lowest BCUT2D eigenvalue weighted by Gasteiger charge is -2.03. The molecular weight excluding hydrogens is 220 g/mol. The number of hydrogen-bond donors (Lipinski definition) is 1. The topological polar surface area (TPSA) is 67.5 Å². The Morgan fingerprint density at radius 1 is 1.35 bits per heavy atom. The van der Waals surface area contributed by atoms with Gasteiger partial charge in [0.25, 0.3) is 0 Å². The Labute approximate surface area is 97.8 Å². The van der Waals surface area contributed by atoms with E-state index in [4.69, 9.17) is 9.52 Å². The van der Waals surface area contributed by atoms with Gasteiger partial charge in [0.15, 0.2) is 5.78 Å². The first kappa shape index (κ1) is 11.4. The minimum atomic E-state index is -0.967. The van der Waals surface area contributed by atoms with Crippen molar-refractivity contribution in [2.75, 3.05) is 0 Å². The molecule has 4 heteroatoms. The number of furan rings is 1. The molecule has 2 rings (SSSR count). The van der Waals surface area contributed by atoms with Crippen LogP contribution in [0, 0.1) is 5.92 Å². The van der Waals surface area contributed by atoms with E-state index in [0.29, 0.717) is 11.1 Å². The van der Waals surface area contributed by atoms with Crippen molar-refractivity contribution in [2.45, 2.75) is 13.3 Å². The van der Waals surface area contributed by atoms with E-state index in [2.05, 4.69) is 0 Å². The summed E-state index contributed by atoms with van der Waals surface area (Å²) >= 11 is 0. The van der Waals surface area contributed by atoms with Gasteiger partial charge in [-0.3, -0.25) is 9.59 Å². The summed E-state index contributed by atoms with van der Waals surface area (Å²) in [7, 11) is 0. The SMILES string of the molecule is CC(CC(=O)c1coc2ccccc12)C(=O)O. The van der Waals surface area contributed by atoms with Gasteiger partial charge < -0.3 is 9.52 Å². The molecule has 0 spiro atoms. The molecule has 0 aliphatic rings. The predicted octanol–water partition coefficient (Wildman–Crippen LogP) is 2.73. The maximum atomic E-state index is 11.9. The smallest absolute Gasteiger partial charge is 0.306 e. The molecule has 1 aromatic carbocycles. The Balaban J connectivity index is 2.28. The van der Waals surface area contributed by atoms with Crippen molar-refractivity contribution in [3.05, 3.63) is 36.1 Å². The van der Waals surface area contributed by atoms with Crippen molar-refractivity contribution >= 4 is 22.7 Å². The Morgan fingerprint density at radius 2 is 2.06 bits per heavy atom. The first-order valence-corrected chi connectivity index (χ1v) is 5.32. The number of fused-ring (bicyclic) bond motifs is 1. The molecule has 17 heavy (non-hydrogen) atoms. The van der Waals surface area contributed by atoms with Crippen LogP contribution in [0.5, 0.6) is 0 Å². The lowest BCUT2D eigenvalue weighted by atomic mass is 9.99. The van der Waals surface area contributed by atoms with E-state index < -0.39 is 11.9 Å². The fourth-order valence-corrected chi connectivity index (χ4v) is 1.67. The molecule has 0 amide bonds. The van der Waals surface area contributed by atoms with Gasteiger partial charge in [0.05, 0.1) is 11.5 Å². The van der Waals surface area contributed by atoms with Gasteiger partial charge in [0.1, 0.15) is 11.8 Å². The highest BCUT2D eigenvalue weighted by atomic mass is 16.4. The summed E-state index contributed by atoms with van der Waals surface area (Å²) in [5, 5.41) is 9.50. The Kier molecular flexibility index (Phi) is 2.95. The summed E-state index contributed by atoms with van der Waals surface area (Å²) in [6, 6.07) is 7.19. The molecular formula is C13H12O4. The molecule has 2 aromatic rings. The van der Waals surface area contributed by atoms with E-state index in [0.717, 1.165) is 5.39 Å². The largest absolute Gasteiger partial charge is 0.481 e. The molecule has 1 N–H and O–H groups in total. The third-order valence-corrected chi connectivity index (χ3v) is 2.69. The fraction of sp³-hybridized carbons (Fsp3) is 0.231. The highest BCUT2D eigenvalue weighted by Gasteiger charge is 2.19. The van der Waals surface area contributed by atoms with E-state index in [1.807, 2.05) is 12.1 Å². The van der Waals surface area contributed by atoms with Crippen molar-refractivity contribution in [1.82, 2.24) is 0 Å². The summed E-state index contributed by atoms with van der Waals surface area (Å²) in [6.07, 6.45) is 1.38. The summed E-state index contributed by atoms with van der Waals surface area (Å²) < 4.78 is 5.24. The normalized spacial score (nSPS) is 12.5. The molecule has 0 aliphatic carbocycles. The van der Waals surface area contributed by atoms with Crippen molar-refractivity contribution in [2.24, 2.45) is 5.92 Å². The van der Waals surface area contributed by atoms with Crippen LogP contribution >= 0.6 is 0 Å². The second-order valence-corrected chi connectivity index (χ2v) is 4.01. The van der Waals surface area contributed by atoms with E-state index in [9.17, 15) is 9.59 Å². The first-order valence-electron chi connectivity index (χ1n) is 5.32. The van der Waals surface area contributed by atoms with Crippen molar-refractivity contribution < 1.29 is 19.1 Å². The fourth-order valence-electron chi connectivity index (χ4n) is 1.67. The average Bonchev–Trinajstić information content (AvgIpc) is 2.72. The minimum absolute atomic E-state index is 0.0150. The first-order chi connectivity index (χ1) is 8.09. The maximum Gasteiger partial charge on any atom is 0.306 e. The van der Waals surface area contributed by atoms with Crippen LogP contribution in [0.1, 0.15) is 23.7 Å². The van der Waals surface area contributed by atoms with Gasteiger partial charge in [-0.15, -0.1) is 0 Å². The second-order valence-electron chi connectivity index (χ2n) is 4.01. The molecule has 88 valence electrons. The lowest BCUT2D eigenvalue weighted by molar-refractivity contribution is -0.141. The molecule has 4 nitrogen and oxygen atoms in total. The molecule has 0 saturated carbocycles. The van der Waals surface area contributed by atoms with Crippen LogP contribution in [0.25, 0.3) is 11.0 Å². The Morgan fingerprint density at radius 3 is 2.76 bits per heavy atom. The predicted molar refractivity (Wildman–Crippen MR) is 62.0 cm³/mol. The summed E-state index contributed by atoms with van der Waals surface area (Å²) in [5.41, 5.74) is 1.09. The van der Waals surface area contributed by atoms with Crippen LogP contribution < -0.4 is 0 Å². The third-order valence-electron chi connectivity index (χ3n) is 2.69. The van der Waals surface area contributed by atoms with Gasteiger partial charge in [0.2, 0.25) is 0 Å². The molecule has 0 bridgehead atoms. The van der Waals surface area contributed by atoms with E-state index in [1.54, 1.807) is 12.1 Å². The van der Waals surface area contributed by atoms with Crippen molar-refractivity contribution in [1.29, 1.82) is 0 Å². The molecule has 1 atom stereocenters. The van der Waals surface area contributed by atoms with E-state index in [-0.39, 0.29) is 12.2 Å². The zero-order chi connectivity index (χ0) is 12.4. The average molecular weight is 232 g/mol. The molecule has 0 radical (unpaired) electrons. The Hall–Kier alpha value is -2.10. The molecule has 0 aliphatic heterocycles. The maximum absolute atomic E-state index is 11.9. The van der Waals surface area contributed by atoms with Gasteiger partial charge in [-0.05, 0) is 6.07 Å². The summed E-state index contributed by atoms with van der Waals surface area (Å²) in [6.45, 7) is 1.52. The number of carboxylic acids is 1. The summed E-state index contributed by atoms with van der Waals surface area (Å²) in [5.74, 6) is -1.85. The van der Waals surface area contributed by atoms with E-state index in [1.165, 1.54) is 13.2 Å². The van der Waals surface area contributed by atoms with E-state index >= 15 is 0 Å². The van der Waals surface area contributed by atoms with Crippen molar-refractivity contribution in [3.63, 3.8) is 0 Å². The van der Waals surface area contributed by atoms with Crippen LogP contribution in [0.4, 0.5) is 0 Å². The molecule has 1 heterocycles. The molecule has 1 aromatic heterocycles. The van der Waals surface area contributed by atoms with Crippen LogP contribution in [-0.2, 0) is 4.79 Å². The van der Waals surface area contributed by atoms with Crippen LogP contribution in [-0.4, -0.2) is 16.9 Å². The number of carboxylic acid groups (broad SMARTS) is 1. The number of aliphatic carboxylic acids is 1. The molecule has 0 saturated heterocycles. The monoisotopic (exact) mass is 232 g/mol. The van der Waals surface area contributed by atoms with Gasteiger partial charge >= 0.3 is 5.97 Å². The van der Waals surface area contributed by atoms with Gasteiger partial charge in [-0.1, -0.05) is 25.1 Å². The lowest BCUT2D eigenvalue weighted by Crippen LogP contribution is -2.14. The van der Waals surface area contributed by atoms with Crippen LogP contribution in [0.15, 0.2) is 34.9 Å². The molecule has 1 unspecified atom stereocenters. The van der Waals surface area contributed by atoms with Crippen LogP contribution in [0.3, 0.4) is 0 Å². The summed E-state index contributed by atoms with van der Waals surface area (Å²) in [4.78, 5) is 22.6. The number of benzene rings is 1. The van der Waals surface area contributed by atoms with Gasteiger partial charge in [0, 0.05) is 11.8 Å². The standard InChI is InChI=1S/C13H12O4/c1-8(13(15)16)6-11(14)10-7-17-12-5-3-2-4-9(10)12/h2-5,7-8H,6H2,1H3,(H,15,16). The third kappa shape index (κ3) is 2.20. The number of rotatable bonds is 4. The number of ketones is 1. The number of carbonyl (C=O) groups is 2. The van der Waals surface area contributed by atoms with Crippen LogP contribution in [0.2, 0.25) is 0 Å². The zero-order valence-corrected chi connectivity index (χ0v) is 9.34. The van der Waals surface area contributed by atoms with Gasteiger partial charge in [-0.2, -0.15) is 0 Å². The quantitative estimate of drug-likeness (QED) is 0.823. The Bertz CT molecular complexity index is 568. The zero-order valence-electron chi connectivity index (χ0n) is 9.34. The number of para-hydroxylation sites is 1. The highest BCUT2D eigenvalue weighted by molar-refractivity contribution is 6.07.